The molecule has 0 saturated carbocycles. The average Bonchev–Trinajstić information content (AvgIpc) is 2.74. The summed E-state index contributed by atoms with van der Waals surface area (Å²) in [7, 11) is -2.97. The molecule has 0 bridgehead atoms. The highest BCUT2D eigenvalue weighted by atomic mass is 32.2. The second-order valence-electron chi connectivity index (χ2n) is 6.51. The fraction of sp³-hybridized carbons (Fsp3) is 0.929. The number of urea groups is 1. The van der Waals surface area contributed by atoms with E-state index < -0.39 is 9.84 Å². The van der Waals surface area contributed by atoms with Gasteiger partial charge >= 0.3 is 6.03 Å². The summed E-state index contributed by atoms with van der Waals surface area (Å²) >= 11 is 0. The largest absolute Gasteiger partial charge is 0.373 e. The van der Waals surface area contributed by atoms with Crippen LogP contribution < -0.4 is 10.6 Å². The second kappa shape index (κ2) is 7.14. The van der Waals surface area contributed by atoms with Crippen LogP contribution in [0.2, 0.25) is 0 Å². The monoisotopic (exact) mass is 333 g/mol. The quantitative estimate of drug-likeness (QED) is 0.754. The molecule has 128 valence electrons. The van der Waals surface area contributed by atoms with E-state index in [2.05, 4.69) is 36.3 Å². The maximum Gasteiger partial charge on any atom is 0.315 e. The van der Waals surface area contributed by atoms with Crippen molar-refractivity contribution in [2.24, 2.45) is 0 Å². The summed E-state index contributed by atoms with van der Waals surface area (Å²) in [4.78, 5) is 14.2. The van der Waals surface area contributed by atoms with Crippen molar-refractivity contribution >= 4 is 15.9 Å². The van der Waals surface area contributed by atoms with Crippen LogP contribution in [0, 0.1) is 0 Å². The van der Waals surface area contributed by atoms with Crippen LogP contribution in [0.5, 0.6) is 0 Å². The Hall–Kier alpha value is -0.860. The van der Waals surface area contributed by atoms with Crippen molar-refractivity contribution in [1.82, 2.24) is 15.5 Å². The van der Waals surface area contributed by atoms with Gasteiger partial charge in [-0.15, -0.1) is 0 Å². The smallest absolute Gasteiger partial charge is 0.315 e. The number of ether oxygens (including phenoxy) is 1. The number of hydrogen-bond acceptors (Lipinski definition) is 5. The van der Waals surface area contributed by atoms with E-state index in [1.807, 2.05) is 0 Å². The molecule has 2 heterocycles. The van der Waals surface area contributed by atoms with Gasteiger partial charge in [-0.3, -0.25) is 4.90 Å². The molecule has 0 aromatic carbocycles. The molecule has 2 aliphatic heterocycles. The Morgan fingerprint density at radius 2 is 1.95 bits per heavy atom. The molecule has 2 amide bonds. The molecule has 4 atom stereocenters. The Labute approximate surface area is 132 Å². The summed E-state index contributed by atoms with van der Waals surface area (Å²) in [6.45, 7) is 8.42. The summed E-state index contributed by atoms with van der Waals surface area (Å²) in [5, 5.41) is 5.57. The maximum absolute atomic E-state index is 11.9. The first-order valence-corrected chi connectivity index (χ1v) is 9.71. The molecule has 0 aromatic rings. The van der Waals surface area contributed by atoms with Gasteiger partial charge in [0, 0.05) is 31.7 Å². The predicted octanol–water partition coefficient (Wildman–Crippen LogP) is -0.0296. The van der Waals surface area contributed by atoms with Crippen molar-refractivity contribution in [3.63, 3.8) is 0 Å². The predicted molar refractivity (Wildman–Crippen MR) is 84.6 cm³/mol. The van der Waals surface area contributed by atoms with E-state index in [-0.39, 0.29) is 41.8 Å². The molecule has 4 unspecified atom stereocenters. The minimum atomic E-state index is -2.97. The number of morpholine rings is 1. The summed E-state index contributed by atoms with van der Waals surface area (Å²) in [6.07, 6.45) is 0.900. The van der Waals surface area contributed by atoms with Crippen LogP contribution in [-0.2, 0) is 14.6 Å². The first-order valence-electron chi connectivity index (χ1n) is 7.89. The highest BCUT2D eigenvalue weighted by Crippen LogP contribution is 2.13. The summed E-state index contributed by atoms with van der Waals surface area (Å²) < 4.78 is 28.4. The standard InChI is InChI=1S/C14H27N3O4S/c1-10(17-7-11(2)21-12(3)8-17)6-15-14(18)16-13-4-5-22(19,20)9-13/h10-13H,4-9H2,1-3H3,(H2,15,16,18). The lowest BCUT2D eigenvalue weighted by molar-refractivity contribution is -0.0778. The van der Waals surface area contributed by atoms with Gasteiger partial charge in [0.25, 0.3) is 0 Å². The topological polar surface area (TPSA) is 87.7 Å². The fourth-order valence-electron chi connectivity index (χ4n) is 3.09. The van der Waals surface area contributed by atoms with Crippen LogP contribution in [0.4, 0.5) is 4.79 Å². The van der Waals surface area contributed by atoms with Gasteiger partial charge in [0.15, 0.2) is 9.84 Å². The molecular formula is C14H27N3O4S. The Kier molecular flexibility index (Phi) is 5.68. The molecule has 2 N–H and O–H groups in total. The Balaban J connectivity index is 1.71. The Bertz CT molecular complexity index is 486. The molecule has 0 aromatic heterocycles. The van der Waals surface area contributed by atoms with E-state index in [0.717, 1.165) is 13.1 Å². The fourth-order valence-corrected chi connectivity index (χ4v) is 4.77. The molecule has 2 aliphatic rings. The highest BCUT2D eigenvalue weighted by Gasteiger charge is 2.29. The van der Waals surface area contributed by atoms with Crippen LogP contribution in [0.3, 0.4) is 0 Å². The van der Waals surface area contributed by atoms with Gasteiger partial charge < -0.3 is 15.4 Å². The van der Waals surface area contributed by atoms with E-state index in [4.69, 9.17) is 4.74 Å². The van der Waals surface area contributed by atoms with Crippen molar-refractivity contribution in [3.8, 4) is 0 Å². The van der Waals surface area contributed by atoms with Gasteiger partial charge in [0.2, 0.25) is 0 Å². The minimum absolute atomic E-state index is 0.0501. The van der Waals surface area contributed by atoms with E-state index in [9.17, 15) is 13.2 Å². The number of rotatable bonds is 4. The zero-order valence-electron chi connectivity index (χ0n) is 13.5. The third kappa shape index (κ3) is 5.10. The first kappa shape index (κ1) is 17.5. The van der Waals surface area contributed by atoms with E-state index in [1.54, 1.807) is 0 Å². The van der Waals surface area contributed by atoms with Crippen molar-refractivity contribution in [2.45, 2.75) is 51.5 Å². The normalized spacial score (nSPS) is 33.3. The molecule has 22 heavy (non-hydrogen) atoms. The van der Waals surface area contributed by atoms with Crippen LogP contribution in [0.25, 0.3) is 0 Å². The zero-order chi connectivity index (χ0) is 16.3. The van der Waals surface area contributed by atoms with E-state index in [1.165, 1.54) is 0 Å². The molecule has 8 heteroatoms. The Morgan fingerprint density at radius 1 is 1.32 bits per heavy atom. The van der Waals surface area contributed by atoms with Crippen molar-refractivity contribution in [3.05, 3.63) is 0 Å². The van der Waals surface area contributed by atoms with Crippen LogP contribution in [0.1, 0.15) is 27.2 Å². The zero-order valence-corrected chi connectivity index (χ0v) is 14.4. The maximum atomic E-state index is 11.9. The molecule has 0 spiro atoms. The highest BCUT2D eigenvalue weighted by molar-refractivity contribution is 7.91. The van der Waals surface area contributed by atoms with Gasteiger partial charge in [-0.1, -0.05) is 0 Å². The summed E-state index contributed by atoms with van der Waals surface area (Å²) in [5.74, 6) is 0.215. The molecule has 0 aliphatic carbocycles. The van der Waals surface area contributed by atoms with Gasteiger partial charge in [-0.2, -0.15) is 0 Å². The summed E-state index contributed by atoms with van der Waals surface area (Å²) in [6, 6.07) is -0.334. The lowest BCUT2D eigenvalue weighted by atomic mass is 10.2. The molecule has 7 nitrogen and oxygen atoms in total. The van der Waals surface area contributed by atoms with E-state index >= 15 is 0 Å². The number of carbonyl (C=O) groups excluding carboxylic acids is 1. The van der Waals surface area contributed by atoms with Crippen molar-refractivity contribution < 1.29 is 17.9 Å². The third-order valence-corrected chi connectivity index (χ3v) is 5.96. The van der Waals surface area contributed by atoms with Gasteiger partial charge in [-0.25, -0.2) is 13.2 Å². The second-order valence-corrected chi connectivity index (χ2v) is 8.74. The molecule has 0 radical (unpaired) electrons. The van der Waals surface area contributed by atoms with Crippen molar-refractivity contribution in [2.75, 3.05) is 31.1 Å². The van der Waals surface area contributed by atoms with E-state index in [0.29, 0.717) is 13.0 Å². The molecular weight excluding hydrogens is 306 g/mol. The number of nitrogens with zero attached hydrogens (tertiary/aromatic N) is 1. The van der Waals surface area contributed by atoms with Gasteiger partial charge in [-0.05, 0) is 27.2 Å². The average molecular weight is 333 g/mol. The van der Waals surface area contributed by atoms with Crippen LogP contribution >= 0.6 is 0 Å². The number of carbonyl (C=O) groups is 1. The van der Waals surface area contributed by atoms with Crippen LogP contribution in [0.15, 0.2) is 0 Å². The molecule has 2 fully saturated rings. The lowest BCUT2D eigenvalue weighted by Gasteiger charge is -2.39. The number of nitrogens with one attached hydrogen (secondary N) is 2. The number of hydrogen-bond donors (Lipinski definition) is 2. The number of amides is 2. The van der Waals surface area contributed by atoms with Crippen LogP contribution in [-0.4, -0.2) is 74.8 Å². The van der Waals surface area contributed by atoms with Gasteiger partial charge in [0.05, 0.1) is 23.7 Å². The lowest BCUT2D eigenvalue weighted by Crippen LogP contribution is -2.53. The number of sulfone groups is 1. The summed E-state index contributed by atoms with van der Waals surface area (Å²) in [5.41, 5.74) is 0. The Morgan fingerprint density at radius 3 is 2.50 bits per heavy atom. The molecule has 2 saturated heterocycles. The first-order chi connectivity index (χ1) is 10.2. The molecule has 2 rings (SSSR count). The third-order valence-electron chi connectivity index (χ3n) is 4.20. The SMILES string of the molecule is CC1CN(C(C)CNC(=O)NC2CCS(=O)(=O)C2)CC(C)O1. The van der Waals surface area contributed by atoms with Crippen molar-refractivity contribution in [1.29, 1.82) is 0 Å². The minimum Gasteiger partial charge on any atom is -0.373 e. The van der Waals surface area contributed by atoms with Gasteiger partial charge in [0.1, 0.15) is 0 Å².